The summed E-state index contributed by atoms with van der Waals surface area (Å²) in [6.45, 7) is 0. The van der Waals surface area contributed by atoms with Crippen LogP contribution in [0.15, 0.2) is 24.3 Å². The molecule has 0 N–H and O–H groups in total. The van der Waals surface area contributed by atoms with Crippen molar-refractivity contribution in [3.63, 3.8) is 0 Å². The van der Waals surface area contributed by atoms with Crippen LogP contribution >= 0.6 is 0 Å². The first-order valence-electron chi connectivity index (χ1n) is 2.82. The summed E-state index contributed by atoms with van der Waals surface area (Å²) in [5, 5.41) is 0. The Morgan fingerprint density at radius 2 is 1.82 bits per heavy atom. The molecule has 0 aliphatic carbocycles. The molecule has 0 saturated heterocycles. The van der Waals surface area contributed by atoms with E-state index in [1.54, 1.807) is 0 Å². The molecule has 11 heavy (non-hydrogen) atoms. The van der Waals surface area contributed by atoms with Gasteiger partial charge in [0.25, 0.3) is 0 Å². The molecule has 1 rings (SSSR count). The highest BCUT2D eigenvalue weighted by atomic mass is 19.3. The van der Waals surface area contributed by atoms with Gasteiger partial charge in [-0.15, -0.1) is 0 Å². The second-order valence-corrected chi connectivity index (χ2v) is 1.87. The third-order valence-corrected chi connectivity index (χ3v) is 1.15. The lowest BCUT2D eigenvalue weighted by atomic mass is 10.2. The van der Waals surface area contributed by atoms with Crippen LogP contribution in [0.4, 0.5) is 8.92 Å². The molecule has 0 fully saturated rings. The Balaban J connectivity index is 2.90. The normalized spacial score (nSPS) is 9.27. The number of hydrogen-bond donors (Lipinski definition) is 0. The van der Waals surface area contributed by atoms with Gasteiger partial charge in [0.15, 0.2) is 0 Å². The minimum absolute atomic E-state index is 0.0195. The second-order valence-electron chi connectivity index (χ2n) is 1.87. The number of carbonyl (C=O) groups excluding carboxylic acids is 1. The van der Waals surface area contributed by atoms with Crippen LogP contribution in [0.2, 0.25) is 0 Å². The predicted molar refractivity (Wildman–Crippen MR) is 32.9 cm³/mol. The zero-order chi connectivity index (χ0) is 8.27. The van der Waals surface area contributed by atoms with E-state index in [9.17, 15) is 13.7 Å². The number of carbonyl (C=O) groups is 1. The topological polar surface area (TPSA) is 26.3 Å². The van der Waals surface area contributed by atoms with Gasteiger partial charge in [-0.25, -0.2) is 14.1 Å². The van der Waals surface area contributed by atoms with Crippen LogP contribution in [0.3, 0.4) is 0 Å². The quantitative estimate of drug-likeness (QED) is 0.623. The van der Waals surface area contributed by atoms with E-state index in [-0.39, 0.29) is 5.56 Å². The van der Waals surface area contributed by atoms with Crippen LogP contribution in [0.1, 0.15) is 10.4 Å². The minimum atomic E-state index is -1.12. The molecule has 2 nitrogen and oxygen atoms in total. The SMILES string of the molecule is O=C(OF)c1ccc(F)cc1. The van der Waals surface area contributed by atoms with Crippen molar-refractivity contribution < 1.29 is 18.7 Å². The molecule has 0 saturated carbocycles. The van der Waals surface area contributed by atoms with E-state index in [1.807, 2.05) is 0 Å². The van der Waals surface area contributed by atoms with E-state index in [4.69, 9.17) is 0 Å². The fourth-order valence-corrected chi connectivity index (χ4v) is 0.631. The van der Waals surface area contributed by atoms with E-state index >= 15 is 0 Å². The van der Waals surface area contributed by atoms with Crippen molar-refractivity contribution in [2.24, 2.45) is 0 Å². The third kappa shape index (κ3) is 1.73. The van der Waals surface area contributed by atoms with Crippen molar-refractivity contribution in [2.75, 3.05) is 0 Å². The van der Waals surface area contributed by atoms with Crippen LogP contribution in [0.25, 0.3) is 0 Å². The van der Waals surface area contributed by atoms with E-state index in [1.165, 1.54) is 0 Å². The predicted octanol–water partition coefficient (Wildman–Crippen LogP) is 1.87. The van der Waals surface area contributed by atoms with Gasteiger partial charge in [-0.2, -0.15) is 0 Å². The van der Waals surface area contributed by atoms with Gasteiger partial charge in [-0.3, -0.25) is 0 Å². The average Bonchev–Trinajstić information content (AvgIpc) is 2.05. The van der Waals surface area contributed by atoms with Crippen molar-refractivity contribution in [1.29, 1.82) is 0 Å². The molecule has 1 aromatic rings. The van der Waals surface area contributed by atoms with E-state index in [2.05, 4.69) is 4.94 Å². The Labute approximate surface area is 61.3 Å². The Bertz CT molecular complexity index is 256. The van der Waals surface area contributed by atoms with Gasteiger partial charge in [-0.1, -0.05) is 0 Å². The van der Waals surface area contributed by atoms with Crippen molar-refractivity contribution in [3.8, 4) is 0 Å². The largest absolute Gasteiger partial charge is 0.379 e. The van der Waals surface area contributed by atoms with Gasteiger partial charge in [0.1, 0.15) is 5.82 Å². The lowest BCUT2D eigenvalue weighted by Gasteiger charge is -1.92. The van der Waals surface area contributed by atoms with Gasteiger partial charge in [0.05, 0.1) is 5.56 Å². The van der Waals surface area contributed by atoms with Crippen LogP contribution in [0.5, 0.6) is 0 Å². The van der Waals surface area contributed by atoms with Gasteiger partial charge < -0.3 is 0 Å². The number of halogens is 2. The highest BCUT2D eigenvalue weighted by Crippen LogP contribution is 2.04. The maximum absolute atomic E-state index is 12.2. The van der Waals surface area contributed by atoms with Crippen molar-refractivity contribution >= 4 is 5.97 Å². The smallest absolute Gasteiger partial charge is 0.249 e. The van der Waals surface area contributed by atoms with Crippen molar-refractivity contribution in [1.82, 2.24) is 0 Å². The lowest BCUT2D eigenvalue weighted by Crippen LogP contribution is -1.97. The first kappa shape index (κ1) is 7.65. The molecule has 0 atom stereocenters. The molecule has 4 heteroatoms. The summed E-state index contributed by atoms with van der Waals surface area (Å²) in [6, 6.07) is 4.37. The van der Waals surface area contributed by atoms with Crippen LogP contribution in [-0.2, 0) is 4.94 Å². The molecular formula is C7H4F2O2. The fourth-order valence-electron chi connectivity index (χ4n) is 0.631. The van der Waals surface area contributed by atoms with Crippen LogP contribution < -0.4 is 0 Å². The zero-order valence-electron chi connectivity index (χ0n) is 5.38. The van der Waals surface area contributed by atoms with Gasteiger partial charge in [-0.05, 0) is 24.3 Å². The molecule has 0 aliphatic heterocycles. The average molecular weight is 158 g/mol. The number of benzene rings is 1. The monoisotopic (exact) mass is 158 g/mol. The summed E-state index contributed by atoms with van der Waals surface area (Å²) < 4.78 is 23.4. The Morgan fingerprint density at radius 1 is 1.27 bits per heavy atom. The molecule has 0 bridgehead atoms. The maximum Gasteiger partial charge on any atom is 0.379 e. The summed E-state index contributed by atoms with van der Waals surface area (Å²) in [6.07, 6.45) is 0. The maximum atomic E-state index is 12.2. The Kier molecular flexibility index (Phi) is 2.15. The molecule has 0 heterocycles. The summed E-state index contributed by atoms with van der Waals surface area (Å²) >= 11 is 0. The Hall–Kier alpha value is -1.45. The molecule has 0 spiro atoms. The minimum Gasteiger partial charge on any atom is -0.249 e. The molecule has 0 radical (unpaired) electrons. The van der Waals surface area contributed by atoms with Gasteiger partial charge in [0, 0.05) is 4.53 Å². The molecule has 0 aromatic heterocycles. The summed E-state index contributed by atoms with van der Waals surface area (Å²) in [5.74, 6) is -1.61. The standard InChI is InChI=1S/C7H4F2O2/c8-6-3-1-5(2-4-6)7(10)11-9/h1-4H. The summed E-state index contributed by atoms with van der Waals surface area (Å²) in [7, 11) is 0. The summed E-state index contributed by atoms with van der Waals surface area (Å²) in [4.78, 5) is 13.3. The first-order valence-corrected chi connectivity index (χ1v) is 2.82. The van der Waals surface area contributed by atoms with E-state index < -0.39 is 11.8 Å². The first-order chi connectivity index (χ1) is 5.24. The van der Waals surface area contributed by atoms with Gasteiger partial charge in [0.2, 0.25) is 0 Å². The van der Waals surface area contributed by atoms with E-state index in [0.29, 0.717) is 0 Å². The molecule has 0 unspecified atom stereocenters. The van der Waals surface area contributed by atoms with Gasteiger partial charge >= 0.3 is 5.97 Å². The van der Waals surface area contributed by atoms with Crippen molar-refractivity contribution in [3.05, 3.63) is 35.6 Å². The molecule has 0 aliphatic rings. The molecule has 1 aromatic carbocycles. The van der Waals surface area contributed by atoms with Crippen LogP contribution in [-0.4, -0.2) is 5.97 Å². The lowest BCUT2D eigenvalue weighted by molar-refractivity contribution is -0.0788. The Morgan fingerprint density at radius 3 is 2.27 bits per heavy atom. The molecular weight excluding hydrogens is 154 g/mol. The highest BCUT2D eigenvalue weighted by Gasteiger charge is 2.05. The molecule has 0 amide bonds. The number of hydrogen-bond acceptors (Lipinski definition) is 2. The highest BCUT2D eigenvalue weighted by molar-refractivity contribution is 5.88. The third-order valence-electron chi connectivity index (χ3n) is 1.15. The van der Waals surface area contributed by atoms with Crippen molar-refractivity contribution in [2.45, 2.75) is 0 Å². The summed E-state index contributed by atoms with van der Waals surface area (Å²) in [5.41, 5.74) is -0.0195. The molecule has 58 valence electrons. The second kappa shape index (κ2) is 3.09. The fraction of sp³-hybridized carbons (Fsp3) is 0. The van der Waals surface area contributed by atoms with E-state index in [0.717, 1.165) is 24.3 Å². The number of rotatable bonds is 1. The van der Waals surface area contributed by atoms with Crippen LogP contribution in [0, 0.1) is 5.82 Å². The zero-order valence-corrected chi connectivity index (χ0v) is 5.38.